The van der Waals surface area contributed by atoms with Crippen LogP contribution in [0.5, 0.6) is 0 Å². The lowest BCUT2D eigenvalue weighted by Crippen LogP contribution is -2.22. The van der Waals surface area contributed by atoms with Crippen LogP contribution in [0.1, 0.15) is 29.3 Å². The van der Waals surface area contributed by atoms with E-state index in [0.717, 1.165) is 6.07 Å². The van der Waals surface area contributed by atoms with Gasteiger partial charge in [0.25, 0.3) is 5.91 Å². The van der Waals surface area contributed by atoms with Crippen molar-refractivity contribution < 1.29 is 14.3 Å². The smallest absolute Gasteiger partial charge is 0.251 e. The van der Waals surface area contributed by atoms with Crippen molar-refractivity contribution in [3.63, 3.8) is 0 Å². The summed E-state index contributed by atoms with van der Waals surface area (Å²) in [5.74, 6) is 4.39. The minimum Gasteiger partial charge on any atom is -0.395 e. The van der Waals surface area contributed by atoms with Crippen molar-refractivity contribution in [2.24, 2.45) is 0 Å². The first kappa shape index (κ1) is 13.2. The molecule has 17 heavy (non-hydrogen) atoms. The highest BCUT2D eigenvalue weighted by Gasteiger charge is 2.07. The van der Waals surface area contributed by atoms with Gasteiger partial charge in [0.1, 0.15) is 5.82 Å². The number of carbonyl (C=O) groups is 1. The quantitative estimate of drug-likeness (QED) is 0.776. The van der Waals surface area contributed by atoms with Gasteiger partial charge >= 0.3 is 0 Å². The van der Waals surface area contributed by atoms with E-state index in [4.69, 9.17) is 5.11 Å². The fourth-order valence-corrected chi connectivity index (χ4v) is 1.23. The number of aliphatic hydroxyl groups excluding tert-OH is 1. The molecule has 1 amide bonds. The van der Waals surface area contributed by atoms with Crippen LogP contribution in [0.25, 0.3) is 0 Å². The van der Waals surface area contributed by atoms with Crippen molar-refractivity contribution in [3.05, 3.63) is 35.1 Å². The lowest BCUT2D eigenvalue weighted by Gasteiger charge is -2.02. The van der Waals surface area contributed by atoms with E-state index in [1.807, 2.05) is 0 Å². The average molecular weight is 235 g/mol. The summed E-state index contributed by atoms with van der Waals surface area (Å²) in [6.45, 7) is 2.24. The van der Waals surface area contributed by atoms with Crippen LogP contribution in [0.2, 0.25) is 0 Å². The largest absolute Gasteiger partial charge is 0.395 e. The summed E-state index contributed by atoms with van der Waals surface area (Å²) < 4.78 is 13.5. The highest BCUT2D eigenvalue weighted by atomic mass is 19.1. The molecule has 0 unspecified atom stereocenters. The molecule has 4 heteroatoms. The number of hydrogen-bond donors (Lipinski definition) is 2. The molecule has 0 aliphatic rings. The second kappa shape index (κ2) is 6.66. The van der Waals surface area contributed by atoms with Crippen molar-refractivity contribution in [2.75, 3.05) is 13.2 Å². The zero-order chi connectivity index (χ0) is 12.7. The first-order chi connectivity index (χ1) is 8.19. The van der Waals surface area contributed by atoms with E-state index in [9.17, 15) is 9.18 Å². The molecule has 0 saturated heterocycles. The Morgan fingerprint density at radius 1 is 1.53 bits per heavy atom. The average Bonchev–Trinajstić information content (AvgIpc) is 2.31. The molecular formula is C13H14FNO2. The molecule has 0 saturated carbocycles. The fourth-order valence-electron chi connectivity index (χ4n) is 1.23. The molecular weight excluding hydrogens is 221 g/mol. The summed E-state index contributed by atoms with van der Waals surface area (Å²) in [5, 5.41) is 11.1. The zero-order valence-electron chi connectivity index (χ0n) is 9.59. The third kappa shape index (κ3) is 3.89. The fraction of sp³-hybridized carbons (Fsp3) is 0.308. The number of hydrogen-bond acceptors (Lipinski definition) is 2. The molecule has 0 bridgehead atoms. The van der Waals surface area contributed by atoms with Crippen molar-refractivity contribution in [1.29, 1.82) is 0 Å². The molecule has 90 valence electrons. The maximum Gasteiger partial charge on any atom is 0.251 e. The topological polar surface area (TPSA) is 49.3 Å². The van der Waals surface area contributed by atoms with Crippen LogP contribution in [0.15, 0.2) is 18.2 Å². The van der Waals surface area contributed by atoms with Crippen LogP contribution in [0.3, 0.4) is 0 Å². The summed E-state index contributed by atoms with van der Waals surface area (Å²) in [6.07, 6.45) is 0.303. The van der Waals surface area contributed by atoms with Crippen molar-refractivity contribution in [3.8, 4) is 11.8 Å². The Hall–Kier alpha value is -1.86. The van der Waals surface area contributed by atoms with Gasteiger partial charge in [0, 0.05) is 18.5 Å². The maximum absolute atomic E-state index is 13.5. The Balaban J connectivity index is 2.87. The summed E-state index contributed by atoms with van der Waals surface area (Å²) in [6, 6.07) is 4.15. The number of amides is 1. The number of aliphatic hydroxyl groups is 1. The Labute approximate surface area is 99.7 Å². The molecule has 0 spiro atoms. The van der Waals surface area contributed by atoms with Gasteiger partial charge in [-0.3, -0.25) is 4.79 Å². The van der Waals surface area contributed by atoms with Gasteiger partial charge in [-0.05, 0) is 25.1 Å². The third-order valence-electron chi connectivity index (χ3n) is 2.03. The lowest BCUT2D eigenvalue weighted by atomic mass is 10.1. The summed E-state index contributed by atoms with van der Waals surface area (Å²) in [7, 11) is 0. The predicted octanol–water partition coefficient (Wildman–Crippen LogP) is 1.31. The zero-order valence-corrected chi connectivity index (χ0v) is 9.59. The van der Waals surface area contributed by atoms with E-state index < -0.39 is 5.82 Å². The summed E-state index contributed by atoms with van der Waals surface area (Å²) >= 11 is 0. The van der Waals surface area contributed by atoms with Crippen molar-refractivity contribution in [1.82, 2.24) is 5.32 Å². The van der Waals surface area contributed by atoms with Crippen molar-refractivity contribution in [2.45, 2.75) is 13.3 Å². The summed E-state index contributed by atoms with van der Waals surface area (Å²) in [4.78, 5) is 11.4. The molecule has 0 fully saturated rings. The van der Waals surface area contributed by atoms with Gasteiger partial charge in [0.15, 0.2) is 0 Å². The SMILES string of the molecule is CCNC(=O)c1ccc(C#CCCO)c(F)c1. The standard InChI is InChI=1S/C13H14FNO2/c1-2-15-13(17)11-7-6-10(12(14)9-11)5-3-4-8-16/h6-7,9,16H,2,4,8H2,1H3,(H,15,17). The first-order valence-electron chi connectivity index (χ1n) is 5.36. The van der Waals surface area contributed by atoms with Crippen LogP contribution in [-0.2, 0) is 0 Å². The first-order valence-corrected chi connectivity index (χ1v) is 5.36. The van der Waals surface area contributed by atoms with Crippen LogP contribution in [-0.4, -0.2) is 24.2 Å². The van der Waals surface area contributed by atoms with Gasteiger partial charge < -0.3 is 10.4 Å². The summed E-state index contributed by atoms with van der Waals surface area (Å²) in [5.41, 5.74) is 0.503. The van der Waals surface area contributed by atoms with Gasteiger partial charge in [-0.1, -0.05) is 11.8 Å². The van der Waals surface area contributed by atoms with E-state index in [-0.39, 0.29) is 23.6 Å². The molecule has 3 nitrogen and oxygen atoms in total. The van der Waals surface area contributed by atoms with Gasteiger partial charge in [-0.15, -0.1) is 0 Å². The monoisotopic (exact) mass is 235 g/mol. The lowest BCUT2D eigenvalue weighted by molar-refractivity contribution is 0.0955. The molecule has 1 rings (SSSR count). The van der Waals surface area contributed by atoms with E-state index in [2.05, 4.69) is 17.2 Å². The minimum atomic E-state index is -0.529. The molecule has 0 aliphatic carbocycles. The Kier molecular flexibility index (Phi) is 5.18. The number of carbonyl (C=O) groups excluding carboxylic acids is 1. The molecule has 0 heterocycles. The number of halogens is 1. The molecule has 0 radical (unpaired) electrons. The number of benzene rings is 1. The third-order valence-corrected chi connectivity index (χ3v) is 2.03. The van der Waals surface area contributed by atoms with E-state index >= 15 is 0 Å². The molecule has 1 aromatic rings. The van der Waals surface area contributed by atoms with Gasteiger partial charge in [-0.2, -0.15) is 0 Å². The second-order valence-corrected chi connectivity index (χ2v) is 3.33. The Morgan fingerprint density at radius 3 is 2.88 bits per heavy atom. The van der Waals surface area contributed by atoms with Crippen LogP contribution < -0.4 is 5.32 Å². The Bertz CT molecular complexity index is 460. The Morgan fingerprint density at radius 2 is 2.29 bits per heavy atom. The number of nitrogens with one attached hydrogen (secondary N) is 1. The van der Waals surface area contributed by atoms with E-state index in [0.29, 0.717) is 13.0 Å². The highest BCUT2D eigenvalue weighted by molar-refractivity contribution is 5.94. The maximum atomic E-state index is 13.5. The normalized spacial score (nSPS) is 9.35. The van der Waals surface area contributed by atoms with Crippen LogP contribution in [0, 0.1) is 17.7 Å². The van der Waals surface area contributed by atoms with E-state index in [1.165, 1.54) is 12.1 Å². The molecule has 1 aromatic carbocycles. The minimum absolute atomic E-state index is 0.0500. The van der Waals surface area contributed by atoms with Gasteiger partial charge in [-0.25, -0.2) is 4.39 Å². The molecule has 0 atom stereocenters. The van der Waals surface area contributed by atoms with Gasteiger partial charge in [0.05, 0.1) is 12.2 Å². The second-order valence-electron chi connectivity index (χ2n) is 3.33. The molecule has 2 N–H and O–H groups in total. The van der Waals surface area contributed by atoms with Gasteiger partial charge in [0.2, 0.25) is 0 Å². The molecule has 0 aromatic heterocycles. The van der Waals surface area contributed by atoms with Crippen LogP contribution >= 0.6 is 0 Å². The van der Waals surface area contributed by atoms with Crippen LogP contribution in [0.4, 0.5) is 4.39 Å². The van der Waals surface area contributed by atoms with E-state index in [1.54, 1.807) is 6.92 Å². The predicted molar refractivity (Wildman–Crippen MR) is 63.0 cm³/mol. The highest BCUT2D eigenvalue weighted by Crippen LogP contribution is 2.09. The number of rotatable bonds is 3. The van der Waals surface area contributed by atoms with Crippen molar-refractivity contribution >= 4 is 5.91 Å². The molecule has 0 aliphatic heterocycles.